The van der Waals surface area contributed by atoms with Gasteiger partial charge in [-0.1, -0.05) is 55.4 Å². The second-order valence-corrected chi connectivity index (χ2v) is 16.0. The average molecular weight is 445 g/mol. The van der Waals surface area contributed by atoms with Crippen LogP contribution in [0, 0.1) is 62.6 Å². The Morgan fingerprint density at radius 1 is 0.677 bits per heavy atom. The van der Waals surface area contributed by atoms with Crippen LogP contribution in [0.2, 0.25) is 0 Å². The Morgan fingerprint density at radius 2 is 1.39 bits per heavy atom. The third-order valence-corrected chi connectivity index (χ3v) is 14.0. The number of rotatable bonds is 0. The van der Waals surface area contributed by atoms with E-state index in [0.717, 1.165) is 35.5 Å². The highest BCUT2D eigenvalue weighted by atomic mass is 32.1. The van der Waals surface area contributed by atoms with Gasteiger partial charge in [-0.15, -0.1) is 0 Å². The van der Waals surface area contributed by atoms with Gasteiger partial charge in [0, 0.05) is 5.25 Å². The maximum atomic E-state index is 5.14. The van der Waals surface area contributed by atoms with Crippen LogP contribution in [0.1, 0.15) is 120 Å². The van der Waals surface area contributed by atoms with Crippen molar-refractivity contribution >= 4 is 12.6 Å². The van der Waals surface area contributed by atoms with Crippen molar-refractivity contribution in [3.63, 3.8) is 0 Å². The Bertz CT molecular complexity index is 726. The lowest BCUT2D eigenvalue weighted by Crippen LogP contribution is -2.67. The Labute approximate surface area is 199 Å². The van der Waals surface area contributed by atoms with Crippen LogP contribution in [0.25, 0.3) is 0 Å². The van der Waals surface area contributed by atoms with Crippen LogP contribution in [-0.4, -0.2) is 5.25 Å². The Hall–Kier alpha value is 0.350. The van der Waals surface area contributed by atoms with Gasteiger partial charge in [0.2, 0.25) is 0 Å². The van der Waals surface area contributed by atoms with Gasteiger partial charge in [0.05, 0.1) is 0 Å². The van der Waals surface area contributed by atoms with Crippen molar-refractivity contribution in [2.45, 2.75) is 125 Å². The zero-order chi connectivity index (χ0) is 22.6. The molecule has 5 saturated carbocycles. The summed E-state index contributed by atoms with van der Waals surface area (Å²) < 4.78 is 0. The van der Waals surface area contributed by atoms with E-state index >= 15 is 0 Å². The molecule has 0 radical (unpaired) electrons. The van der Waals surface area contributed by atoms with E-state index in [1.807, 2.05) is 0 Å². The van der Waals surface area contributed by atoms with Crippen molar-refractivity contribution in [2.75, 3.05) is 0 Å². The number of fused-ring (bicyclic) bond motifs is 7. The highest BCUT2D eigenvalue weighted by Gasteiger charge is 2.69. The van der Waals surface area contributed by atoms with Gasteiger partial charge in [-0.3, -0.25) is 0 Å². The van der Waals surface area contributed by atoms with Crippen LogP contribution < -0.4 is 0 Å². The minimum absolute atomic E-state index is 0.455. The quantitative estimate of drug-likeness (QED) is 0.354. The van der Waals surface area contributed by atoms with Crippen molar-refractivity contribution in [2.24, 2.45) is 62.6 Å². The first-order valence-corrected chi connectivity index (χ1v) is 14.5. The zero-order valence-corrected chi connectivity index (χ0v) is 23.0. The van der Waals surface area contributed by atoms with Crippen molar-refractivity contribution in [1.82, 2.24) is 0 Å². The average Bonchev–Trinajstić information content (AvgIpc) is 2.65. The van der Waals surface area contributed by atoms with Crippen molar-refractivity contribution in [1.29, 1.82) is 0 Å². The van der Waals surface area contributed by atoms with E-state index in [0.29, 0.717) is 32.3 Å². The Balaban J connectivity index is 1.55. The maximum Gasteiger partial charge on any atom is 0.00273 e. The van der Waals surface area contributed by atoms with Gasteiger partial charge in [-0.25, -0.2) is 0 Å². The third kappa shape index (κ3) is 2.92. The van der Waals surface area contributed by atoms with Gasteiger partial charge >= 0.3 is 0 Å². The van der Waals surface area contributed by atoms with Crippen LogP contribution in [-0.2, 0) is 0 Å². The first kappa shape index (κ1) is 23.1. The van der Waals surface area contributed by atoms with Crippen molar-refractivity contribution < 1.29 is 0 Å². The summed E-state index contributed by atoms with van der Waals surface area (Å²) in [5.41, 5.74) is 2.61. The summed E-state index contributed by atoms with van der Waals surface area (Å²) in [5.74, 6) is 5.53. The fourth-order valence-electron chi connectivity index (χ4n) is 11.9. The van der Waals surface area contributed by atoms with E-state index in [1.54, 1.807) is 0 Å². The predicted molar refractivity (Wildman–Crippen MR) is 137 cm³/mol. The number of hydrogen-bond donors (Lipinski definition) is 1. The molecule has 0 aromatic rings. The fourth-order valence-corrected chi connectivity index (χ4v) is 12.8. The van der Waals surface area contributed by atoms with E-state index in [-0.39, 0.29) is 0 Å². The Morgan fingerprint density at radius 3 is 2.10 bits per heavy atom. The molecule has 0 bridgehead atoms. The molecule has 0 amide bonds. The molecule has 1 heteroatoms. The fraction of sp³-hybridized carbons (Fsp3) is 1.00. The SMILES string of the molecule is C[C@@H]1[C@H]2[C@H]3CC[C@@H]4[C@@]5(C)CC(S)CC(C)(C)[C@@H]5CC[C@@]4(C)[C@]3(C)CC[C@@]2(C)CC[C@H]1C. The van der Waals surface area contributed by atoms with Gasteiger partial charge in [-0.05, 0) is 127 Å². The highest BCUT2D eigenvalue weighted by molar-refractivity contribution is 7.80. The van der Waals surface area contributed by atoms with Crippen molar-refractivity contribution in [3.05, 3.63) is 0 Å². The normalized spacial score (nSPS) is 60.9. The van der Waals surface area contributed by atoms with E-state index in [9.17, 15) is 0 Å². The molecule has 1 unspecified atom stereocenters. The lowest BCUT2D eigenvalue weighted by Gasteiger charge is -2.74. The van der Waals surface area contributed by atoms with Gasteiger partial charge in [0.1, 0.15) is 0 Å². The number of hydrogen-bond acceptors (Lipinski definition) is 1. The minimum Gasteiger partial charge on any atom is -0.176 e. The molecular formula is C30H52S. The van der Waals surface area contributed by atoms with Gasteiger partial charge in [0.15, 0.2) is 0 Å². The lowest BCUT2D eigenvalue weighted by atomic mass is 9.31. The van der Waals surface area contributed by atoms with E-state index in [1.165, 1.54) is 64.2 Å². The largest absolute Gasteiger partial charge is 0.176 e. The molecule has 0 aromatic carbocycles. The summed E-state index contributed by atoms with van der Waals surface area (Å²) in [5, 5.41) is 0.595. The summed E-state index contributed by atoms with van der Waals surface area (Å²) in [6, 6.07) is 0. The molecule has 0 aromatic heterocycles. The second kappa shape index (κ2) is 6.95. The molecule has 178 valence electrons. The van der Waals surface area contributed by atoms with Crippen LogP contribution in [0.4, 0.5) is 0 Å². The van der Waals surface area contributed by atoms with Crippen LogP contribution in [0.15, 0.2) is 0 Å². The maximum absolute atomic E-state index is 5.14. The van der Waals surface area contributed by atoms with Crippen molar-refractivity contribution in [3.8, 4) is 0 Å². The molecular weight excluding hydrogens is 392 g/mol. The van der Waals surface area contributed by atoms with Gasteiger partial charge in [0.25, 0.3) is 0 Å². The number of thiol groups is 1. The van der Waals surface area contributed by atoms with E-state index in [2.05, 4.69) is 55.4 Å². The molecule has 5 aliphatic carbocycles. The summed E-state index contributed by atoms with van der Waals surface area (Å²) in [4.78, 5) is 0. The molecule has 5 fully saturated rings. The molecule has 0 saturated heterocycles. The summed E-state index contributed by atoms with van der Waals surface area (Å²) in [6.07, 6.45) is 14.6. The summed E-state index contributed by atoms with van der Waals surface area (Å²) >= 11 is 5.14. The van der Waals surface area contributed by atoms with E-state index in [4.69, 9.17) is 12.6 Å². The first-order valence-electron chi connectivity index (χ1n) is 14.0. The molecule has 0 N–H and O–H groups in total. The van der Waals surface area contributed by atoms with Crippen LogP contribution >= 0.6 is 12.6 Å². The smallest absolute Gasteiger partial charge is 0.00273 e. The molecule has 11 atom stereocenters. The van der Waals surface area contributed by atoms with E-state index < -0.39 is 0 Å². The zero-order valence-electron chi connectivity index (χ0n) is 22.1. The standard InChI is InChI=1S/C30H52S/c1-19-11-13-27(5)15-16-29(7)22(25(27)20(19)2)9-10-24-28(6)18-21(31)17-26(3,4)23(28)12-14-30(24,29)8/h19-25,31H,9-18H2,1-8H3/t19-,20+,21?,22-,23+,24-,25+,27-,28+,29-,30-/m1/s1. The minimum atomic E-state index is 0.455. The molecule has 5 aliphatic rings. The molecule has 0 spiro atoms. The summed E-state index contributed by atoms with van der Waals surface area (Å²) in [7, 11) is 0. The van der Waals surface area contributed by atoms with Gasteiger partial charge in [-0.2, -0.15) is 12.6 Å². The second-order valence-electron chi connectivity index (χ2n) is 15.3. The first-order chi connectivity index (χ1) is 14.3. The monoisotopic (exact) mass is 444 g/mol. The van der Waals surface area contributed by atoms with Crippen LogP contribution in [0.3, 0.4) is 0 Å². The predicted octanol–water partition coefficient (Wildman–Crippen LogP) is 9.04. The molecule has 0 aliphatic heterocycles. The topological polar surface area (TPSA) is 0 Å². The third-order valence-electron chi connectivity index (χ3n) is 13.7. The van der Waals surface area contributed by atoms with Crippen LogP contribution in [0.5, 0.6) is 0 Å². The molecule has 0 nitrogen and oxygen atoms in total. The lowest BCUT2D eigenvalue weighted by molar-refractivity contribution is -0.246. The van der Waals surface area contributed by atoms with Gasteiger partial charge < -0.3 is 0 Å². The molecule has 5 rings (SSSR count). The summed E-state index contributed by atoms with van der Waals surface area (Å²) in [6.45, 7) is 21.4. The highest BCUT2D eigenvalue weighted by Crippen LogP contribution is 2.77. The Kier molecular flexibility index (Phi) is 5.18. The molecule has 31 heavy (non-hydrogen) atoms. The molecule has 0 heterocycles.